The topological polar surface area (TPSA) is 60.5 Å². The standard InChI is InChI=1S/C79H51N7/c80-79(50-19-3-1-4-20-50)67-49-54(37-40-68(67)81-86-77-34-18-12-28-62(77)64-46-52(36-42-78(64)86)51-35-41-74-63(45-51)61-27-11-17-33-73(61)82(74)53-21-5-2-6-22-53)85-75-43-38-55(83-69-29-13-7-23-57(69)58-24-8-14-30-70(58)83)47-65(75)66-48-56(39-44-76(66)85)84-71-31-15-9-25-59(71)60-26-10-16-32-72(60)84/h1-49,80-81H. The minimum atomic E-state index is 0.421. The van der Waals surface area contributed by atoms with E-state index in [9.17, 15) is 5.41 Å². The Labute approximate surface area is 493 Å². The zero-order valence-electron chi connectivity index (χ0n) is 46.5. The third-order valence-electron chi connectivity index (χ3n) is 17.9. The van der Waals surface area contributed by atoms with Crippen molar-refractivity contribution in [1.82, 2.24) is 22.9 Å². The fourth-order valence-electron chi connectivity index (χ4n) is 14.1. The molecular weight excluding hydrogens is 1050 g/mol. The first kappa shape index (κ1) is 47.9. The second-order valence-corrected chi connectivity index (χ2v) is 22.6. The minimum Gasteiger partial charge on any atom is -0.309 e. The summed E-state index contributed by atoms with van der Waals surface area (Å²) in [7, 11) is 0. The number of para-hydroxylation sites is 7. The lowest BCUT2D eigenvalue weighted by Crippen LogP contribution is -2.14. The van der Waals surface area contributed by atoms with Gasteiger partial charge < -0.3 is 18.3 Å². The Balaban J connectivity index is 0.810. The van der Waals surface area contributed by atoms with E-state index >= 15 is 0 Å². The molecule has 7 heteroatoms. The van der Waals surface area contributed by atoms with Gasteiger partial charge in [0.25, 0.3) is 0 Å². The summed E-state index contributed by atoms with van der Waals surface area (Å²) in [4.78, 5) is 0. The number of benzene rings is 13. The summed E-state index contributed by atoms with van der Waals surface area (Å²) in [6.45, 7) is 0. The zero-order valence-corrected chi connectivity index (χ0v) is 46.5. The number of nitrogens with one attached hydrogen (secondary N) is 2. The summed E-state index contributed by atoms with van der Waals surface area (Å²) in [6, 6.07) is 107. The van der Waals surface area contributed by atoms with E-state index < -0.39 is 0 Å². The zero-order chi connectivity index (χ0) is 56.6. The van der Waals surface area contributed by atoms with E-state index in [-0.39, 0.29) is 0 Å². The Bertz CT molecular complexity index is 5550. The van der Waals surface area contributed by atoms with Gasteiger partial charge in [-0.3, -0.25) is 15.5 Å². The van der Waals surface area contributed by atoms with Gasteiger partial charge in [-0.1, -0.05) is 170 Å². The molecule has 0 radical (unpaired) electrons. The molecule has 0 atom stereocenters. The molecule has 0 fully saturated rings. The van der Waals surface area contributed by atoms with Crippen LogP contribution in [0.5, 0.6) is 0 Å². The fourth-order valence-corrected chi connectivity index (χ4v) is 14.1. The van der Waals surface area contributed by atoms with Crippen molar-refractivity contribution in [3.63, 3.8) is 0 Å². The lowest BCUT2D eigenvalue weighted by Gasteiger charge is -2.18. The van der Waals surface area contributed by atoms with E-state index in [0.29, 0.717) is 5.71 Å². The van der Waals surface area contributed by atoms with Crippen LogP contribution in [-0.4, -0.2) is 28.7 Å². The Morgan fingerprint density at radius 2 is 0.558 bits per heavy atom. The summed E-state index contributed by atoms with van der Waals surface area (Å²) < 4.78 is 11.8. The molecule has 0 aliphatic rings. The lowest BCUT2D eigenvalue weighted by atomic mass is 10.00. The molecule has 0 saturated heterocycles. The number of anilines is 1. The third kappa shape index (κ3) is 7.12. The molecule has 402 valence electrons. The molecule has 13 aromatic carbocycles. The van der Waals surface area contributed by atoms with Crippen LogP contribution in [0.2, 0.25) is 0 Å². The van der Waals surface area contributed by atoms with Crippen LogP contribution in [0.1, 0.15) is 11.1 Å². The smallest absolute Gasteiger partial charge is 0.0710 e. The van der Waals surface area contributed by atoms with Gasteiger partial charge in [0, 0.05) is 87.7 Å². The first-order valence-electron chi connectivity index (χ1n) is 29.3. The molecule has 0 aliphatic carbocycles. The molecule has 0 bridgehead atoms. The van der Waals surface area contributed by atoms with Gasteiger partial charge in [0.2, 0.25) is 0 Å². The molecule has 86 heavy (non-hydrogen) atoms. The number of hydrogen-bond acceptors (Lipinski definition) is 2. The van der Waals surface area contributed by atoms with Gasteiger partial charge in [0.05, 0.1) is 66.6 Å². The number of hydrogen-bond donors (Lipinski definition) is 2. The summed E-state index contributed by atoms with van der Waals surface area (Å²) in [5.41, 5.74) is 24.6. The molecule has 0 unspecified atom stereocenters. The van der Waals surface area contributed by atoms with Crippen molar-refractivity contribution >= 4 is 120 Å². The average molecular weight is 1100 g/mol. The van der Waals surface area contributed by atoms with Crippen LogP contribution in [0.15, 0.2) is 297 Å². The quantitative estimate of drug-likeness (QED) is 0.139. The van der Waals surface area contributed by atoms with E-state index in [2.05, 4.69) is 295 Å². The first-order chi connectivity index (χ1) is 42.6. The highest BCUT2D eigenvalue weighted by molar-refractivity contribution is 6.18. The van der Waals surface area contributed by atoms with Gasteiger partial charge in [-0.25, -0.2) is 0 Å². The number of aromatic nitrogens is 5. The van der Waals surface area contributed by atoms with E-state index in [0.717, 1.165) is 94.3 Å². The van der Waals surface area contributed by atoms with Crippen molar-refractivity contribution in [2.24, 2.45) is 0 Å². The van der Waals surface area contributed by atoms with Crippen LogP contribution in [0, 0.1) is 5.41 Å². The SMILES string of the molecule is N=C(c1ccccc1)c1cc(-n2c3ccc(-n4c5ccccc5c5ccccc54)cc3c3cc(-n4c5ccccc5c5ccccc54)ccc32)ccc1Nn1c2ccccc2c2cc(-c3ccc4c(c3)c3ccccc3n4-c3ccccc3)ccc21. The maximum Gasteiger partial charge on any atom is 0.0710 e. The third-order valence-corrected chi connectivity index (χ3v) is 17.9. The molecule has 0 spiro atoms. The molecule has 0 amide bonds. The van der Waals surface area contributed by atoms with Crippen LogP contribution in [0.3, 0.4) is 0 Å². The van der Waals surface area contributed by atoms with Crippen molar-refractivity contribution in [3.8, 4) is 33.9 Å². The van der Waals surface area contributed by atoms with E-state index in [1.54, 1.807) is 0 Å². The Kier molecular flexibility index (Phi) is 10.4. The lowest BCUT2D eigenvalue weighted by molar-refractivity contribution is 1.05. The summed E-state index contributed by atoms with van der Waals surface area (Å²) in [6.07, 6.45) is 0. The largest absolute Gasteiger partial charge is 0.309 e. The van der Waals surface area contributed by atoms with Crippen LogP contribution in [0.25, 0.3) is 143 Å². The van der Waals surface area contributed by atoms with Gasteiger partial charge in [-0.05, 0) is 139 Å². The van der Waals surface area contributed by atoms with E-state index in [1.807, 2.05) is 30.3 Å². The highest BCUT2D eigenvalue weighted by Gasteiger charge is 2.23. The van der Waals surface area contributed by atoms with Crippen molar-refractivity contribution in [1.29, 1.82) is 5.41 Å². The maximum atomic E-state index is 10.1. The van der Waals surface area contributed by atoms with Crippen LogP contribution in [0.4, 0.5) is 5.69 Å². The summed E-state index contributed by atoms with van der Waals surface area (Å²) in [5.74, 6) is 0. The molecular formula is C79H51N7. The van der Waals surface area contributed by atoms with Gasteiger partial charge in [0.15, 0.2) is 0 Å². The number of rotatable bonds is 9. The molecule has 18 aromatic rings. The predicted molar refractivity (Wildman–Crippen MR) is 360 cm³/mol. The van der Waals surface area contributed by atoms with Gasteiger partial charge >= 0.3 is 0 Å². The molecule has 0 aliphatic heterocycles. The highest BCUT2D eigenvalue weighted by atomic mass is 15.4. The van der Waals surface area contributed by atoms with Crippen LogP contribution >= 0.6 is 0 Å². The monoisotopic (exact) mass is 1100 g/mol. The molecule has 5 heterocycles. The number of nitrogens with zero attached hydrogens (tertiary/aromatic N) is 5. The normalized spacial score (nSPS) is 12.0. The highest BCUT2D eigenvalue weighted by Crippen LogP contribution is 2.42. The van der Waals surface area contributed by atoms with Crippen LogP contribution < -0.4 is 5.43 Å². The first-order valence-corrected chi connectivity index (χ1v) is 29.3. The van der Waals surface area contributed by atoms with Crippen molar-refractivity contribution in [2.75, 3.05) is 5.43 Å². The Hall–Kier alpha value is -11.7. The van der Waals surface area contributed by atoms with Gasteiger partial charge in [0.1, 0.15) is 0 Å². The van der Waals surface area contributed by atoms with Crippen molar-refractivity contribution in [2.45, 2.75) is 0 Å². The number of fused-ring (bicyclic) bond motifs is 15. The summed E-state index contributed by atoms with van der Waals surface area (Å²) >= 11 is 0. The van der Waals surface area contributed by atoms with Crippen molar-refractivity contribution < 1.29 is 0 Å². The predicted octanol–water partition coefficient (Wildman–Crippen LogP) is 20.1. The van der Waals surface area contributed by atoms with Crippen molar-refractivity contribution in [3.05, 3.63) is 308 Å². The fraction of sp³-hybridized carbons (Fsp3) is 0. The average Bonchev–Trinajstić information content (AvgIpc) is 1.96. The second kappa shape index (κ2) is 18.7. The maximum absolute atomic E-state index is 10.1. The minimum absolute atomic E-state index is 0.421. The molecule has 7 nitrogen and oxygen atoms in total. The summed E-state index contributed by atoms with van der Waals surface area (Å²) in [5, 5.41) is 22.0. The van der Waals surface area contributed by atoms with Gasteiger partial charge in [-0.2, -0.15) is 0 Å². The Morgan fingerprint density at radius 3 is 1.05 bits per heavy atom. The second-order valence-electron chi connectivity index (χ2n) is 22.6. The van der Waals surface area contributed by atoms with E-state index in [1.165, 1.54) is 65.4 Å². The molecule has 0 saturated carbocycles. The molecule has 18 rings (SSSR count). The van der Waals surface area contributed by atoms with Crippen LogP contribution in [-0.2, 0) is 0 Å². The molecule has 5 aromatic heterocycles. The van der Waals surface area contributed by atoms with E-state index in [4.69, 9.17) is 0 Å². The molecule has 2 N–H and O–H groups in total. The van der Waals surface area contributed by atoms with Gasteiger partial charge in [-0.15, -0.1) is 0 Å². The Morgan fingerprint density at radius 1 is 0.244 bits per heavy atom.